The van der Waals surface area contributed by atoms with Crippen LogP contribution in [0.4, 0.5) is 0 Å². The zero-order valence-electron chi connectivity index (χ0n) is 41.0. The zero-order chi connectivity index (χ0) is 46.3. The van der Waals surface area contributed by atoms with Gasteiger partial charge in [0.15, 0.2) is 6.10 Å². The van der Waals surface area contributed by atoms with Gasteiger partial charge >= 0.3 is 11.9 Å². The van der Waals surface area contributed by atoms with E-state index in [1.165, 1.54) is 25.7 Å². The highest BCUT2D eigenvalue weighted by Crippen LogP contribution is 2.11. The van der Waals surface area contributed by atoms with Crippen molar-refractivity contribution < 1.29 is 23.8 Å². The highest BCUT2D eigenvalue weighted by atomic mass is 16.6. The Hall–Kier alpha value is -4.22. The van der Waals surface area contributed by atoms with E-state index in [0.29, 0.717) is 13.0 Å². The molecular formula is C59H92O5. The van der Waals surface area contributed by atoms with Gasteiger partial charge in [0.2, 0.25) is 0 Å². The Morgan fingerprint density at radius 2 is 0.703 bits per heavy atom. The Morgan fingerprint density at radius 1 is 0.359 bits per heavy atom. The number of ether oxygens (including phenoxy) is 3. The molecule has 5 nitrogen and oxygen atoms in total. The summed E-state index contributed by atoms with van der Waals surface area (Å²) in [5.41, 5.74) is 0. The van der Waals surface area contributed by atoms with Gasteiger partial charge in [-0.15, -0.1) is 0 Å². The van der Waals surface area contributed by atoms with Crippen LogP contribution in [0.15, 0.2) is 146 Å². The van der Waals surface area contributed by atoms with E-state index < -0.39 is 6.10 Å². The lowest BCUT2D eigenvalue weighted by Crippen LogP contribution is -2.29. The van der Waals surface area contributed by atoms with Crippen molar-refractivity contribution in [3.8, 4) is 0 Å². The van der Waals surface area contributed by atoms with Crippen LogP contribution >= 0.6 is 0 Å². The van der Waals surface area contributed by atoms with Crippen LogP contribution in [-0.4, -0.2) is 37.9 Å². The van der Waals surface area contributed by atoms with Gasteiger partial charge in [-0.25, -0.2) is 0 Å². The molecule has 0 aliphatic heterocycles. The van der Waals surface area contributed by atoms with E-state index in [-0.39, 0.29) is 31.6 Å². The summed E-state index contributed by atoms with van der Waals surface area (Å²) in [6.07, 6.45) is 77.4. The fraction of sp³-hybridized carbons (Fsp3) is 0.559. The first-order chi connectivity index (χ1) is 31.6. The van der Waals surface area contributed by atoms with Gasteiger partial charge in [-0.1, -0.05) is 205 Å². The van der Waals surface area contributed by atoms with Crippen LogP contribution in [0.5, 0.6) is 0 Å². The molecule has 5 heteroatoms. The molecule has 0 aromatic heterocycles. The summed E-state index contributed by atoms with van der Waals surface area (Å²) < 4.78 is 17.3. The molecule has 1 atom stereocenters. The van der Waals surface area contributed by atoms with Gasteiger partial charge in [-0.05, 0) is 116 Å². The minimum absolute atomic E-state index is 0.0170. The van der Waals surface area contributed by atoms with Gasteiger partial charge < -0.3 is 14.2 Å². The molecule has 0 bridgehead atoms. The number of hydrogen-bond donors (Lipinski definition) is 0. The third-order valence-corrected chi connectivity index (χ3v) is 9.88. The van der Waals surface area contributed by atoms with Crippen molar-refractivity contribution in [3.05, 3.63) is 146 Å². The molecule has 0 aromatic carbocycles. The molecule has 0 rings (SSSR count). The van der Waals surface area contributed by atoms with Crippen molar-refractivity contribution in [2.45, 2.75) is 194 Å². The SMILES string of the molecule is CC/C=C\C/C=C\C/C=C\C/C=C\C/C=C\CC(=O)OC(COCCCCCCCC/C=C\C/C=C\C/C=C\CC)COC(=O)CCCCCC/C=C\C/C=C\C/C=C\C/C=C\CC. The number of unbranched alkanes of at least 4 members (excludes halogenated alkanes) is 10. The Kier molecular flexibility index (Phi) is 49.6. The summed E-state index contributed by atoms with van der Waals surface area (Å²) in [6.45, 7) is 7.30. The number of hydrogen-bond acceptors (Lipinski definition) is 5. The lowest BCUT2D eigenvalue weighted by Gasteiger charge is -2.18. The molecule has 1 unspecified atom stereocenters. The van der Waals surface area contributed by atoms with E-state index in [9.17, 15) is 9.59 Å². The van der Waals surface area contributed by atoms with Gasteiger partial charge in [0, 0.05) is 13.0 Å². The van der Waals surface area contributed by atoms with Gasteiger partial charge in [0.1, 0.15) is 6.61 Å². The second-order valence-electron chi connectivity index (χ2n) is 15.9. The van der Waals surface area contributed by atoms with Crippen LogP contribution in [0, 0.1) is 0 Å². The summed E-state index contributed by atoms with van der Waals surface area (Å²) >= 11 is 0. The predicted octanol–water partition coefficient (Wildman–Crippen LogP) is 17.3. The average molecular weight is 881 g/mol. The molecule has 0 fully saturated rings. The first-order valence-corrected chi connectivity index (χ1v) is 25.4. The molecule has 0 aromatic rings. The maximum Gasteiger partial charge on any atom is 0.310 e. The van der Waals surface area contributed by atoms with Crippen LogP contribution in [0.3, 0.4) is 0 Å². The van der Waals surface area contributed by atoms with Gasteiger partial charge in [0.25, 0.3) is 0 Å². The third kappa shape index (κ3) is 50.4. The normalized spacial score (nSPS) is 13.5. The second-order valence-corrected chi connectivity index (χ2v) is 15.9. The minimum Gasteiger partial charge on any atom is -0.462 e. The quantitative estimate of drug-likeness (QED) is 0.0347. The van der Waals surface area contributed by atoms with E-state index in [2.05, 4.69) is 154 Å². The minimum atomic E-state index is -0.619. The maximum atomic E-state index is 12.7. The van der Waals surface area contributed by atoms with Gasteiger partial charge in [0.05, 0.1) is 13.0 Å². The Balaban J connectivity index is 4.50. The number of rotatable bonds is 44. The van der Waals surface area contributed by atoms with Crippen molar-refractivity contribution in [1.82, 2.24) is 0 Å². The number of allylic oxidation sites excluding steroid dienone is 23. The van der Waals surface area contributed by atoms with Gasteiger partial charge in [-0.3, -0.25) is 9.59 Å². The Labute approximate surface area is 393 Å². The van der Waals surface area contributed by atoms with Crippen LogP contribution in [-0.2, 0) is 23.8 Å². The molecule has 0 radical (unpaired) electrons. The summed E-state index contributed by atoms with van der Waals surface area (Å²) in [5.74, 6) is -0.592. The maximum absolute atomic E-state index is 12.7. The summed E-state index contributed by atoms with van der Waals surface area (Å²) in [5, 5.41) is 0. The molecule has 0 spiro atoms. The molecule has 0 aliphatic carbocycles. The predicted molar refractivity (Wildman–Crippen MR) is 278 cm³/mol. The molecule has 0 amide bonds. The van der Waals surface area contributed by atoms with Crippen LogP contribution in [0.25, 0.3) is 0 Å². The lowest BCUT2D eigenvalue weighted by atomic mass is 10.1. The highest BCUT2D eigenvalue weighted by molar-refractivity contribution is 5.71. The third-order valence-electron chi connectivity index (χ3n) is 9.88. The molecule has 0 saturated heterocycles. The van der Waals surface area contributed by atoms with Crippen molar-refractivity contribution in [3.63, 3.8) is 0 Å². The first kappa shape index (κ1) is 59.8. The highest BCUT2D eigenvalue weighted by Gasteiger charge is 2.17. The number of carbonyl (C=O) groups excluding carboxylic acids is 2. The van der Waals surface area contributed by atoms with E-state index in [0.717, 1.165) is 128 Å². The number of carbonyl (C=O) groups is 2. The fourth-order valence-electron chi connectivity index (χ4n) is 6.24. The van der Waals surface area contributed by atoms with Crippen molar-refractivity contribution in [2.75, 3.05) is 19.8 Å². The van der Waals surface area contributed by atoms with Crippen LogP contribution < -0.4 is 0 Å². The van der Waals surface area contributed by atoms with Gasteiger partial charge in [-0.2, -0.15) is 0 Å². The van der Waals surface area contributed by atoms with Crippen molar-refractivity contribution >= 4 is 11.9 Å². The summed E-state index contributed by atoms with van der Waals surface area (Å²) in [7, 11) is 0. The average Bonchev–Trinajstić information content (AvgIpc) is 3.30. The second kappa shape index (κ2) is 53.1. The lowest BCUT2D eigenvalue weighted by molar-refractivity contribution is -0.162. The van der Waals surface area contributed by atoms with E-state index in [1.807, 2.05) is 12.2 Å². The molecule has 0 aliphatic rings. The Bertz CT molecular complexity index is 1410. The molecule has 358 valence electrons. The molecule has 0 heterocycles. The topological polar surface area (TPSA) is 61.8 Å². The van der Waals surface area contributed by atoms with Crippen molar-refractivity contribution in [1.29, 1.82) is 0 Å². The summed E-state index contributed by atoms with van der Waals surface area (Å²) in [4.78, 5) is 25.3. The smallest absolute Gasteiger partial charge is 0.310 e. The van der Waals surface area contributed by atoms with E-state index in [4.69, 9.17) is 14.2 Å². The van der Waals surface area contributed by atoms with Crippen LogP contribution in [0.2, 0.25) is 0 Å². The van der Waals surface area contributed by atoms with Crippen LogP contribution in [0.1, 0.15) is 188 Å². The van der Waals surface area contributed by atoms with Crippen molar-refractivity contribution in [2.24, 2.45) is 0 Å². The monoisotopic (exact) mass is 881 g/mol. The standard InChI is InChI=1S/C59H92O5/c1-4-7-10-13-16-19-22-25-28-30-32-34-37-40-43-46-49-52-58(60)63-56-57(55-62-54-51-48-45-42-39-36-33-29-26-23-20-17-14-11-8-5-2)64-59(61)53-50-47-44-41-38-35-31-27-24-21-18-15-12-9-6-3/h7-12,16-21,25-29,31-32,34,38,41,47,50,57H,4-6,13-15,22-24,30,33,35-37,39-40,42-46,48-49,51-56H2,1-3H3/b10-7-,11-8-,12-9-,19-16-,20-17-,21-18-,28-25-,29-26-,31-27-,34-32-,41-38-,50-47-. The first-order valence-electron chi connectivity index (χ1n) is 25.4. The molecule has 0 saturated carbocycles. The molecular weight excluding hydrogens is 789 g/mol. The molecule has 64 heavy (non-hydrogen) atoms. The van der Waals surface area contributed by atoms with E-state index in [1.54, 1.807) is 0 Å². The molecule has 0 N–H and O–H groups in total. The number of esters is 2. The largest absolute Gasteiger partial charge is 0.462 e. The van der Waals surface area contributed by atoms with E-state index >= 15 is 0 Å². The summed E-state index contributed by atoms with van der Waals surface area (Å²) in [6, 6.07) is 0. The fourth-order valence-corrected chi connectivity index (χ4v) is 6.24. The Morgan fingerprint density at radius 3 is 1.12 bits per heavy atom. The zero-order valence-corrected chi connectivity index (χ0v) is 41.0.